The molecule has 0 spiro atoms. The highest BCUT2D eigenvalue weighted by Crippen LogP contribution is 2.31. The molecule has 1 aromatic carbocycles. The SMILES string of the molecule is CC1CCCN(C(=O)C2CCN(C(=O)c3cc4c(cc3O)CCCC4)CC2)C1. The molecule has 2 aliphatic heterocycles. The molecule has 3 aliphatic rings. The molecule has 2 amide bonds. The van der Waals surface area contributed by atoms with Crippen LogP contribution in [0.3, 0.4) is 0 Å². The molecule has 0 bridgehead atoms. The first-order chi connectivity index (χ1) is 13.5. The molecule has 1 atom stereocenters. The van der Waals surface area contributed by atoms with Crippen molar-refractivity contribution in [3.8, 4) is 5.75 Å². The molecule has 152 valence electrons. The summed E-state index contributed by atoms with van der Waals surface area (Å²) in [4.78, 5) is 29.7. The molecular formula is C23H32N2O3. The highest BCUT2D eigenvalue weighted by atomic mass is 16.3. The van der Waals surface area contributed by atoms with Crippen molar-refractivity contribution in [3.63, 3.8) is 0 Å². The Hall–Kier alpha value is -2.04. The highest BCUT2D eigenvalue weighted by molar-refractivity contribution is 5.97. The maximum Gasteiger partial charge on any atom is 0.257 e. The molecule has 5 nitrogen and oxygen atoms in total. The number of carbonyl (C=O) groups excluding carboxylic acids is 2. The lowest BCUT2D eigenvalue weighted by Crippen LogP contribution is -2.47. The minimum atomic E-state index is -0.0941. The van der Waals surface area contributed by atoms with Gasteiger partial charge in [0, 0.05) is 32.1 Å². The smallest absolute Gasteiger partial charge is 0.257 e. The molecule has 0 saturated carbocycles. The highest BCUT2D eigenvalue weighted by Gasteiger charge is 2.32. The normalized spacial score (nSPS) is 23.4. The minimum Gasteiger partial charge on any atom is -0.507 e. The maximum absolute atomic E-state index is 13.0. The standard InChI is InChI=1S/C23H32N2O3/c1-16-5-4-10-25(15-16)22(27)17-8-11-24(12-9-17)23(28)20-13-18-6-2-3-7-19(18)14-21(20)26/h13-14,16-17,26H,2-12,15H2,1H3. The first kappa shape index (κ1) is 19.3. The summed E-state index contributed by atoms with van der Waals surface area (Å²) in [6.07, 6.45) is 8.02. The minimum absolute atomic E-state index is 0.0338. The van der Waals surface area contributed by atoms with E-state index < -0.39 is 0 Å². The van der Waals surface area contributed by atoms with Crippen LogP contribution in [0.25, 0.3) is 0 Å². The number of aryl methyl sites for hydroxylation is 2. The number of rotatable bonds is 2. The molecule has 5 heteroatoms. The van der Waals surface area contributed by atoms with Gasteiger partial charge >= 0.3 is 0 Å². The molecule has 0 radical (unpaired) electrons. The fourth-order valence-corrected chi connectivity index (χ4v) is 5.09. The van der Waals surface area contributed by atoms with Crippen molar-refractivity contribution >= 4 is 11.8 Å². The number of phenolic OH excluding ortho intramolecular Hbond substituents is 1. The fraction of sp³-hybridized carbons (Fsp3) is 0.652. The van der Waals surface area contributed by atoms with Crippen LogP contribution in [0.1, 0.15) is 66.9 Å². The summed E-state index contributed by atoms with van der Waals surface area (Å²) < 4.78 is 0. The van der Waals surface area contributed by atoms with Gasteiger partial charge in [-0.15, -0.1) is 0 Å². The van der Waals surface area contributed by atoms with Gasteiger partial charge in [-0.25, -0.2) is 0 Å². The van der Waals surface area contributed by atoms with Crippen LogP contribution in [0.15, 0.2) is 12.1 Å². The Morgan fingerprint density at radius 3 is 2.29 bits per heavy atom. The Morgan fingerprint density at radius 2 is 1.61 bits per heavy atom. The number of nitrogens with zero attached hydrogens (tertiary/aromatic N) is 2. The van der Waals surface area contributed by atoms with Crippen molar-refractivity contribution in [2.45, 2.75) is 58.3 Å². The van der Waals surface area contributed by atoms with Gasteiger partial charge < -0.3 is 14.9 Å². The van der Waals surface area contributed by atoms with Crippen LogP contribution in [0.4, 0.5) is 0 Å². The number of benzene rings is 1. The van der Waals surface area contributed by atoms with Crippen molar-refractivity contribution in [2.75, 3.05) is 26.2 Å². The Bertz CT molecular complexity index is 752. The third kappa shape index (κ3) is 3.89. The van der Waals surface area contributed by atoms with E-state index in [1.807, 2.05) is 15.9 Å². The van der Waals surface area contributed by atoms with E-state index in [1.54, 1.807) is 6.07 Å². The number of hydrogen-bond acceptors (Lipinski definition) is 3. The van der Waals surface area contributed by atoms with Crippen LogP contribution >= 0.6 is 0 Å². The number of piperidine rings is 2. The second kappa shape index (κ2) is 8.14. The molecule has 2 fully saturated rings. The van der Waals surface area contributed by atoms with Crippen molar-refractivity contribution in [2.24, 2.45) is 11.8 Å². The number of hydrogen-bond donors (Lipinski definition) is 1. The van der Waals surface area contributed by atoms with E-state index in [0.29, 0.717) is 24.6 Å². The third-order valence-corrected chi connectivity index (χ3v) is 6.79. The number of carbonyl (C=O) groups is 2. The van der Waals surface area contributed by atoms with E-state index in [1.165, 1.54) is 17.5 Å². The van der Waals surface area contributed by atoms with Gasteiger partial charge in [-0.3, -0.25) is 9.59 Å². The third-order valence-electron chi connectivity index (χ3n) is 6.79. The predicted octanol–water partition coefficient (Wildman–Crippen LogP) is 3.38. The Labute approximate surface area is 167 Å². The van der Waals surface area contributed by atoms with E-state index in [0.717, 1.165) is 58.0 Å². The number of likely N-dealkylation sites (tertiary alicyclic amines) is 2. The van der Waals surface area contributed by atoms with E-state index >= 15 is 0 Å². The molecule has 1 N–H and O–H groups in total. The van der Waals surface area contributed by atoms with Crippen molar-refractivity contribution in [1.29, 1.82) is 0 Å². The second-order valence-corrected chi connectivity index (χ2v) is 8.94. The first-order valence-electron chi connectivity index (χ1n) is 11.0. The van der Waals surface area contributed by atoms with E-state index in [9.17, 15) is 14.7 Å². The molecule has 1 unspecified atom stereocenters. The zero-order valence-corrected chi connectivity index (χ0v) is 17.0. The van der Waals surface area contributed by atoms with Crippen molar-refractivity contribution < 1.29 is 14.7 Å². The van der Waals surface area contributed by atoms with Gasteiger partial charge in [-0.2, -0.15) is 0 Å². The lowest BCUT2D eigenvalue weighted by atomic mass is 9.89. The van der Waals surface area contributed by atoms with Gasteiger partial charge in [-0.05, 0) is 80.5 Å². The zero-order valence-electron chi connectivity index (χ0n) is 17.0. The molecular weight excluding hydrogens is 352 g/mol. The molecule has 2 heterocycles. The number of aromatic hydroxyl groups is 1. The summed E-state index contributed by atoms with van der Waals surface area (Å²) in [7, 11) is 0. The summed E-state index contributed by atoms with van der Waals surface area (Å²) in [5.74, 6) is 0.905. The van der Waals surface area contributed by atoms with Crippen LogP contribution in [-0.2, 0) is 17.6 Å². The Morgan fingerprint density at radius 1 is 0.929 bits per heavy atom. The van der Waals surface area contributed by atoms with Crippen LogP contribution in [0.2, 0.25) is 0 Å². The van der Waals surface area contributed by atoms with E-state index in [2.05, 4.69) is 6.92 Å². The summed E-state index contributed by atoms with van der Waals surface area (Å²) in [5.41, 5.74) is 2.81. The fourth-order valence-electron chi connectivity index (χ4n) is 5.09. The van der Waals surface area contributed by atoms with Gasteiger partial charge in [0.2, 0.25) is 5.91 Å². The van der Waals surface area contributed by atoms with Gasteiger partial charge in [0.05, 0.1) is 5.56 Å². The topological polar surface area (TPSA) is 60.9 Å². The molecule has 1 aromatic rings. The van der Waals surface area contributed by atoms with Gasteiger partial charge in [-0.1, -0.05) is 6.92 Å². The lowest BCUT2D eigenvalue weighted by molar-refractivity contribution is -0.138. The zero-order chi connectivity index (χ0) is 19.7. The monoisotopic (exact) mass is 384 g/mol. The number of fused-ring (bicyclic) bond motifs is 1. The van der Waals surface area contributed by atoms with Crippen LogP contribution < -0.4 is 0 Å². The molecule has 4 rings (SSSR count). The number of phenols is 1. The van der Waals surface area contributed by atoms with E-state index in [-0.39, 0.29) is 23.5 Å². The molecule has 28 heavy (non-hydrogen) atoms. The van der Waals surface area contributed by atoms with E-state index in [4.69, 9.17) is 0 Å². The Balaban J connectivity index is 1.38. The van der Waals surface area contributed by atoms with Gasteiger partial charge in [0.25, 0.3) is 5.91 Å². The largest absolute Gasteiger partial charge is 0.507 e. The lowest BCUT2D eigenvalue weighted by Gasteiger charge is -2.37. The van der Waals surface area contributed by atoms with Crippen LogP contribution in [-0.4, -0.2) is 52.9 Å². The second-order valence-electron chi connectivity index (χ2n) is 8.94. The average Bonchev–Trinajstić information content (AvgIpc) is 2.72. The van der Waals surface area contributed by atoms with Crippen molar-refractivity contribution in [3.05, 3.63) is 28.8 Å². The van der Waals surface area contributed by atoms with Gasteiger partial charge in [0.1, 0.15) is 5.75 Å². The summed E-state index contributed by atoms with van der Waals surface area (Å²) in [6.45, 7) is 5.16. The summed E-state index contributed by atoms with van der Waals surface area (Å²) in [5, 5.41) is 10.4. The molecule has 2 saturated heterocycles. The average molecular weight is 385 g/mol. The molecule has 0 aromatic heterocycles. The van der Waals surface area contributed by atoms with Crippen molar-refractivity contribution in [1.82, 2.24) is 9.80 Å². The summed E-state index contributed by atoms with van der Waals surface area (Å²) in [6, 6.07) is 3.69. The maximum atomic E-state index is 13.0. The summed E-state index contributed by atoms with van der Waals surface area (Å²) >= 11 is 0. The quantitative estimate of drug-likeness (QED) is 0.850. The van der Waals surface area contributed by atoms with Gasteiger partial charge in [0.15, 0.2) is 0 Å². The van der Waals surface area contributed by atoms with Crippen LogP contribution in [0, 0.1) is 11.8 Å². The Kier molecular flexibility index (Phi) is 5.61. The number of amides is 2. The first-order valence-corrected chi connectivity index (χ1v) is 11.0. The van der Waals surface area contributed by atoms with Crippen LogP contribution in [0.5, 0.6) is 5.75 Å². The predicted molar refractivity (Wildman–Crippen MR) is 108 cm³/mol. The molecule has 1 aliphatic carbocycles.